The van der Waals surface area contributed by atoms with Gasteiger partial charge in [0.1, 0.15) is 0 Å². The molecule has 0 unspecified atom stereocenters. The van der Waals surface area contributed by atoms with Gasteiger partial charge in [0.15, 0.2) is 4.80 Å². The average Bonchev–Trinajstić information content (AvgIpc) is 3.07. The lowest BCUT2D eigenvalue weighted by molar-refractivity contribution is -0.384. The van der Waals surface area contributed by atoms with E-state index in [1.54, 1.807) is 23.9 Å². The molecule has 0 saturated carbocycles. The fourth-order valence-corrected chi connectivity index (χ4v) is 5.13. The Morgan fingerprint density at radius 1 is 1.21 bits per heavy atom. The maximum Gasteiger partial charge on any atom is 0.279 e. The predicted octanol–water partition coefficient (Wildman–Crippen LogP) is 4.59. The molecule has 0 saturated heterocycles. The lowest BCUT2D eigenvalue weighted by atomic mass is 9.90. The number of benzene rings is 2. The van der Waals surface area contributed by atoms with Crippen molar-refractivity contribution in [3.8, 4) is 0 Å². The Morgan fingerprint density at radius 2 is 2.00 bits per heavy atom. The first-order valence-electron chi connectivity index (χ1n) is 9.54. The van der Waals surface area contributed by atoms with Gasteiger partial charge >= 0.3 is 0 Å². The van der Waals surface area contributed by atoms with Gasteiger partial charge in [0.2, 0.25) is 0 Å². The van der Waals surface area contributed by atoms with Gasteiger partial charge in [-0.05, 0) is 61.3 Å². The maximum atomic E-state index is 12.9. The van der Waals surface area contributed by atoms with Gasteiger partial charge in [0.25, 0.3) is 11.6 Å². The van der Waals surface area contributed by atoms with Gasteiger partial charge in [-0.1, -0.05) is 17.4 Å². The van der Waals surface area contributed by atoms with Gasteiger partial charge < -0.3 is 4.57 Å². The van der Waals surface area contributed by atoms with Crippen molar-refractivity contribution in [3.05, 3.63) is 68.0 Å². The first-order chi connectivity index (χ1) is 14.1. The smallest absolute Gasteiger partial charge is 0.279 e. The van der Waals surface area contributed by atoms with Crippen molar-refractivity contribution < 1.29 is 9.72 Å². The monoisotopic (exact) mass is 427 g/mol. The van der Waals surface area contributed by atoms with Gasteiger partial charge in [-0.25, -0.2) is 0 Å². The van der Waals surface area contributed by atoms with E-state index in [1.165, 1.54) is 35.0 Å². The molecule has 0 atom stereocenters. The van der Waals surface area contributed by atoms with Crippen LogP contribution in [0.4, 0.5) is 5.69 Å². The zero-order chi connectivity index (χ0) is 20.4. The molecule has 1 heterocycles. The molecule has 0 radical (unpaired) electrons. The highest BCUT2D eigenvalue weighted by Gasteiger charge is 2.15. The average molecular weight is 428 g/mol. The van der Waals surface area contributed by atoms with E-state index in [1.807, 2.05) is 29.0 Å². The highest BCUT2D eigenvalue weighted by atomic mass is 32.2. The number of non-ortho nitro benzene ring substituents is 1. The van der Waals surface area contributed by atoms with Crippen LogP contribution in [0.25, 0.3) is 10.2 Å². The molecule has 29 heavy (non-hydrogen) atoms. The highest BCUT2D eigenvalue weighted by molar-refractivity contribution is 7.98. The molecule has 3 aromatic rings. The summed E-state index contributed by atoms with van der Waals surface area (Å²) in [6.45, 7) is 0.690. The summed E-state index contributed by atoms with van der Waals surface area (Å²) in [5.41, 5.74) is 4.09. The maximum absolute atomic E-state index is 12.9. The molecule has 1 aromatic heterocycles. The Balaban J connectivity index is 1.77. The highest BCUT2D eigenvalue weighted by Crippen LogP contribution is 2.25. The van der Waals surface area contributed by atoms with Crippen LogP contribution in [0.1, 0.15) is 34.3 Å². The molecule has 1 amide bonds. The van der Waals surface area contributed by atoms with Crippen LogP contribution in [0.15, 0.2) is 41.4 Å². The van der Waals surface area contributed by atoms with E-state index in [2.05, 4.69) is 4.99 Å². The lowest BCUT2D eigenvalue weighted by Crippen LogP contribution is -2.18. The minimum Gasteiger partial charge on any atom is -0.315 e. The molecule has 0 spiro atoms. The van der Waals surface area contributed by atoms with E-state index in [0.717, 1.165) is 35.2 Å². The number of thiazole rings is 1. The number of nitro groups is 1. The van der Waals surface area contributed by atoms with Crippen molar-refractivity contribution in [2.45, 2.75) is 32.2 Å². The summed E-state index contributed by atoms with van der Waals surface area (Å²) in [5.74, 6) is 0.598. The topological polar surface area (TPSA) is 77.5 Å². The minimum atomic E-state index is -0.402. The lowest BCUT2D eigenvalue weighted by Gasteiger charge is -2.15. The zero-order valence-corrected chi connectivity index (χ0v) is 17.7. The SMILES string of the molecule is CSCCn1c(=NC(=O)c2ccc3c(c2)CCCC3)sc2cc([N+](=O)[O-])ccc21. The molecule has 0 aliphatic heterocycles. The van der Waals surface area contributed by atoms with Crippen LogP contribution < -0.4 is 4.80 Å². The summed E-state index contributed by atoms with van der Waals surface area (Å²) >= 11 is 3.02. The Kier molecular flexibility index (Phi) is 5.82. The van der Waals surface area contributed by atoms with Gasteiger partial charge in [0.05, 0.1) is 15.1 Å². The number of carbonyl (C=O) groups excluding carboxylic acids is 1. The number of nitro benzene ring substituents is 1. The number of hydrogen-bond donors (Lipinski definition) is 0. The van der Waals surface area contributed by atoms with Crippen LogP contribution in [0.2, 0.25) is 0 Å². The quantitative estimate of drug-likeness (QED) is 0.441. The third-order valence-electron chi connectivity index (χ3n) is 5.19. The van der Waals surface area contributed by atoms with Gasteiger partial charge in [-0.3, -0.25) is 14.9 Å². The van der Waals surface area contributed by atoms with E-state index in [-0.39, 0.29) is 11.6 Å². The minimum absolute atomic E-state index is 0.0448. The van der Waals surface area contributed by atoms with Crippen molar-refractivity contribution in [2.24, 2.45) is 4.99 Å². The predicted molar refractivity (Wildman–Crippen MR) is 118 cm³/mol. The molecule has 4 rings (SSSR count). The van der Waals surface area contributed by atoms with Crippen LogP contribution >= 0.6 is 23.1 Å². The normalized spacial score (nSPS) is 14.2. The van der Waals surface area contributed by atoms with Crippen LogP contribution in [-0.2, 0) is 19.4 Å². The van der Waals surface area contributed by atoms with E-state index >= 15 is 0 Å². The van der Waals surface area contributed by atoms with Crippen molar-refractivity contribution in [3.63, 3.8) is 0 Å². The van der Waals surface area contributed by atoms with Gasteiger partial charge in [0, 0.05) is 30.0 Å². The molecular weight excluding hydrogens is 406 g/mol. The number of aryl methyl sites for hydroxylation is 3. The standard InChI is InChI=1S/C21H21N3O3S2/c1-28-11-10-23-18-9-8-17(24(26)27)13-19(18)29-21(23)22-20(25)16-7-6-14-4-2-3-5-15(14)12-16/h6-9,12-13H,2-5,10-11H2,1H3. The van der Waals surface area contributed by atoms with E-state index in [9.17, 15) is 14.9 Å². The van der Waals surface area contributed by atoms with E-state index in [4.69, 9.17) is 0 Å². The number of amides is 1. The van der Waals surface area contributed by atoms with E-state index in [0.29, 0.717) is 16.9 Å². The van der Waals surface area contributed by atoms with Crippen LogP contribution in [-0.4, -0.2) is 27.4 Å². The summed E-state index contributed by atoms with van der Waals surface area (Å²) in [4.78, 5) is 28.6. The Bertz CT molecular complexity index is 1160. The van der Waals surface area contributed by atoms with Crippen molar-refractivity contribution in [1.82, 2.24) is 4.57 Å². The first kappa shape index (κ1) is 19.8. The molecule has 0 N–H and O–H groups in total. The molecule has 1 aliphatic rings. The second-order valence-corrected chi connectivity index (χ2v) is 9.04. The summed E-state index contributed by atoms with van der Waals surface area (Å²) < 4.78 is 2.74. The number of rotatable bonds is 5. The molecule has 6 nitrogen and oxygen atoms in total. The number of fused-ring (bicyclic) bond motifs is 2. The van der Waals surface area contributed by atoms with Crippen molar-refractivity contribution in [1.29, 1.82) is 0 Å². The molecule has 1 aliphatic carbocycles. The molecule has 8 heteroatoms. The Hall–Kier alpha value is -2.45. The number of carbonyl (C=O) groups is 1. The zero-order valence-electron chi connectivity index (χ0n) is 16.1. The second kappa shape index (κ2) is 8.51. The molecule has 0 fully saturated rings. The van der Waals surface area contributed by atoms with Crippen molar-refractivity contribution >= 4 is 44.9 Å². The third kappa shape index (κ3) is 4.13. The fourth-order valence-electron chi connectivity index (χ4n) is 3.68. The fraction of sp³-hybridized carbons (Fsp3) is 0.333. The summed E-state index contributed by atoms with van der Waals surface area (Å²) in [6.07, 6.45) is 6.47. The number of thioether (sulfide) groups is 1. The second-order valence-electron chi connectivity index (χ2n) is 7.05. The van der Waals surface area contributed by atoms with E-state index < -0.39 is 4.92 Å². The van der Waals surface area contributed by atoms with Crippen LogP contribution in [0, 0.1) is 10.1 Å². The van der Waals surface area contributed by atoms with Gasteiger partial charge in [-0.2, -0.15) is 16.8 Å². The largest absolute Gasteiger partial charge is 0.315 e. The number of aromatic nitrogens is 1. The Labute approximate surface area is 176 Å². The summed E-state index contributed by atoms with van der Waals surface area (Å²) in [5, 5.41) is 11.1. The first-order valence-corrected chi connectivity index (χ1v) is 11.8. The number of hydrogen-bond acceptors (Lipinski definition) is 5. The van der Waals surface area contributed by atoms with Crippen molar-refractivity contribution in [2.75, 3.05) is 12.0 Å². The summed E-state index contributed by atoms with van der Waals surface area (Å²) in [6, 6.07) is 10.7. The Morgan fingerprint density at radius 3 is 2.76 bits per heavy atom. The molecule has 2 aromatic carbocycles. The number of nitrogens with zero attached hydrogens (tertiary/aromatic N) is 3. The van der Waals surface area contributed by atoms with Crippen LogP contribution in [0.3, 0.4) is 0 Å². The molecular formula is C21H21N3O3S2. The summed E-state index contributed by atoms with van der Waals surface area (Å²) in [7, 11) is 0. The molecule has 150 valence electrons. The van der Waals surface area contributed by atoms with Gasteiger partial charge in [-0.15, -0.1) is 0 Å². The van der Waals surface area contributed by atoms with Crippen LogP contribution in [0.5, 0.6) is 0 Å². The molecule has 0 bridgehead atoms. The third-order valence-corrected chi connectivity index (χ3v) is 6.82.